The lowest BCUT2D eigenvalue weighted by molar-refractivity contribution is -0.00324. The van der Waals surface area contributed by atoms with Crippen molar-refractivity contribution in [3.8, 4) is 0 Å². The molecule has 0 aliphatic carbocycles. The molecule has 3 rings (SSSR count). The van der Waals surface area contributed by atoms with Crippen LogP contribution in [0.5, 0.6) is 0 Å². The molecular weight excluding hydrogens is 477 g/mol. The number of carbonyl (C=O) groups excluding carboxylic acids is 1. The minimum atomic E-state index is -0.590. The SMILES string of the molecule is CCOCC(O)[C@H]1CNC[C@@H](n2nnc(C(=O)N(CC(C)C)c3ccccc3F)c2CCCCOC)C1. The van der Waals surface area contributed by atoms with Crippen LogP contribution in [0.1, 0.15) is 62.3 Å². The molecule has 37 heavy (non-hydrogen) atoms. The van der Waals surface area contributed by atoms with Gasteiger partial charge in [0, 0.05) is 45.9 Å². The summed E-state index contributed by atoms with van der Waals surface area (Å²) >= 11 is 0. The number of carbonyl (C=O) groups is 1. The zero-order valence-electron chi connectivity index (χ0n) is 22.5. The quantitative estimate of drug-likeness (QED) is 0.370. The third-order valence-electron chi connectivity index (χ3n) is 6.69. The Morgan fingerprint density at radius 1 is 1.30 bits per heavy atom. The van der Waals surface area contributed by atoms with Gasteiger partial charge in [-0.25, -0.2) is 9.07 Å². The van der Waals surface area contributed by atoms with Gasteiger partial charge in [-0.15, -0.1) is 5.10 Å². The van der Waals surface area contributed by atoms with Gasteiger partial charge in [0.2, 0.25) is 0 Å². The molecular formula is C27H42FN5O4. The zero-order chi connectivity index (χ0) is 26.8. The number of anilines is 1. The van der Waals surface area contributed by atoms with Crippen LogP contribution in [0.4, 0.5) is 10.1 Å². The minimum Gasteiger partial charge on any atom is -0.390 e. The number of amides is 1. The number of aliphatic hydroxyl groups is 1. The van der Waals surface area contributed by atoms with Gasteiger partial charge in [-0.1, -0.05) is 31.2 Å². The second kappa shape index (κ2) is 14.5. The highest BCUT2D eigenvalue weighted by molar-refractivity contribution is 6.05. The molecule has 1 saturated heterocycles. The van der Waals surface area contributed by atoms with Crippen molar-refractivity contribution < 1.29 is 23.8 Å². The predicted octanol–water partition coefficient (Wildman–Crippen LogP) is 3.24. The number of hydrogen-bond acceptors (Lipinski definition) is 7. The molecule has 1 aliphatic rings. The van der Waals surface area contributed by atoms with E-state index in [2.05, 4.69) is 15.6 Å². The second-order valence-electron chi connectivity index (χ2n) is 10.1. The van der Waals surface area contributed by atoms with E-state index in [1.165, 1.54) is 11.0 Å². The number of halogens is 1. The standard InChI is InChI=1S/C27H42FN5O4/c1-5-37-18-25(34)20-14-21(16-29-15-20)33-24(12-8-9-13-36-4)26(30-31-33)27(35)32(17-19(2)3)23-11-7-6-10-22(23)28/h6-7,10-11,19-21,25,29,34H,5,8-9,12-18H2,1-4H3/t20-,21+,25?/m1/s1. The first kappa shape index (κ1) is 29.2. The van der Waals surface area contributed by atoms with Gasteiger partial charge in [-0.05, 0) is 50.7 Å². The average Bonchev–Trinajstić information content (AvgIpc) is 3.32. The third-order valence-corrected chi connectivity index (χ3v) is 6.69. The fraction of sp³-hybridized carbons (Fsp3) is 0.667. The molecule has 1 aliphatic heterocycles. The maximum Gasteiger partial charge on any atom is 0.280 e. The first-order valence-electron chi connectivity index (χ1n) is 13.3. The van der Waals surface area contributed by atoms with E-state index in [1.807, 2.05) is 25.5 Å². The molecule has 1 unspecified atom stereocenters. The van der Waals surface area contributed by atoms with Gasteiger partial charge < -0.3 is 24.8 Å². The Bertz CT molecular complexity index is 985. The summed E-state index contributed by atoms with van der Waals surface area (Å²) in [7, 11) is 1.67. The fourth-order valence-electron chi connectivity index (χ4n) is 4.80. The Balaban J connectivity index is 1.92. The third kappa shape index (κ3) is 7.80. The van der Waals surface area contributed by atoms with Crippen LogP contribution < -0.4 is 10.2 Å². The molecule has 2 aromatic rings. The predicted molar refractivity (Wildman–Crippen MR) is 140 cm³/mol. The molecule has 0 bridgehead atoms. The molecule has 1 aromatic carbocycles. The summed E-state index contributed by atoms with van der Waals surface area (Å²) in [6.45, 7) is 9.04. The number of methoxy groups -OCH3 is 1. The number of aromatic nitrogens is 3. The largest absolute Gasteiger partial charge is 0.390 e. The first-order chi connectivity index (χ1) is 17.9. The van der Waals surface area contributed by atoms with E-state index in [0.29, 0.717) is 45.7 Å². The van der Waals surface area contributed by atoms with Crippen molar-refractivity contribution in [1.82, 2.24) is 20.3 Å². The van der Waals surface area contributed by atoms with Crippen molar-refractivity contribution in [3.63, 3.8) is 0 Å². The van der Waals surface area contributed by atoms with Crippen LogP contribution >= 0.6 is 0 Å². The molecule has 1 amide bonds. The van der Waals surface area contributed by atoms with Crippen LogP contribution in [0.15, 0.2) is 24.3 Å². The number of ether oxygens (including phenoxy) is 2. The number of rotatable bonds is 14. The van der Waals surface area contributed by atoms with Crippen LogP contribution in [0.25, 0.3) is 0 Å². The highest BCUT2D eigenvalue weighted by Gasteiger charge is 2.33. The summed E-state index contributed by atoms with van der Waals surface area (Å²) in [6.07, 6.45) is 2.31. The minimum absolute atomic E-state index is 0.00847. The highest BCUT2D eigenvalue weighted by Crippen LogP contribution is 2.28. The average molecular weight is 520 g/mol. The Morgan fingerprint density at radius 3 is 2.78 bits per heavy atom. The monoisotopic (exact) mass is 519 g/mol. The Kier molecular flexibility index (Phi) is 11.4. The molecule has 9 nitrogen and oxygen atoms in total. The molecule has 206 valence electrons. The molecule has 1 fully saturated rings. The Hall–Kier alpha value is -2.40. The lowest BCUT2D eigenvalue weighted by Crippen LogP contribution is -2.44. The number of hydrogen-bond donors (Lipinski definition) is 2. The lowest BCUT2D eigenvalue weighted by atomic mass is 9.91. The van der Waals surface area contributed by atoms with Crippen molar-refractivity contribution >= 4 is 11.6 Å². The fourth-order valence-corrected chi connectivity index (χ4v) is 4.80. The molecule has 2 heterocycles. The van der Waals surface area contributed by atoms with Gasteiger partial charge in [-0.2, -0.15) is 0 Å². The summed E-state index contributed by atoms with van der Waals surface area (Å²) in [6, 6.07) is 6.24. The van der Waals surface area contributed by atoms with Crippen LogP contribution in [-0.4, -0.2) is 78.7 Å². The summed E-state index contributed by atoms with van der Waals surface area (Å²) in [4.78, 5) is 15.3. The molecule has 0 saturated carbocycles. The van der Waals surface area contributed by atoms with Crippen LogP contribution in [0.2, 0.25) is 0 Å². The number of nitrogens with zero attached hydrogens (tertiary/aromatic N) is 4. The maximum absolute atomic E-state index is 14.8. The summed E-state index contributed by atoms with van der Waals surface area (Å²) in [5.74, 6) is -0.693. The van der Waals surface area contributed by atoms with Crippen LogP contribution in [0.3, 0.4) is 0 Å². The highest BCUT2D eigenvalue weighted by atomic mass is 19.1. The van der Waals surface area contributed by atoms with Crippen molar-refractivity contribution in [3.05, 3.63) is 41.5 Å². The van der Waals surface area contributed by atoms with E-state index in [1.54, 1.807) is 25.3 Å². The van der Waals surface area contributed by atoms with Crippen molar-refractivity contribution in [2.24, 2.45) is 11.8 Å². The normalized spacial score (nSPS) is 18.8. The van der Waals surface area contributed by atoms with Crippen LogP contribution in [-0.2, 0) is 15.9 Å². The number of para-hydroxylation sites is 1. The smallest absolute Gasteiger partial charge is 0.280 e. The molecule has 0 spiro atoms. The van der Waals surface area contributed by atoms with E-state index in [9.17, 15) is 14.3 Å². The number of nitrogens with one attached hydrogen (secondary N) is 1. The number of aliphatic hydroxyl groups excluding tert-OH is 1. The van der Waals surface area contributed by atoms with E-state index >= 15 is 0 Å². The van der Waals surface area contributed by atoms with Gasteiger partial charge in [-0.3, -0.25) is 4.79 Å². The summed E-state index contributed by atoms with van der Waals surface area (Å²) < 4.78 is 27.2. The lowest BCUT2D eigenvalue weighted by Gasteiger charge is -2.33. The van der Waals surface area contributed by atoms with Gasteiger partial charge in [0.05, 0.1) is 30.1 Å². The van der Waals surface area contributed by atoms with Gasteiger partial charge >= 0.3 is 0 Å². The van der Waals surface area contributed by atoms with E-state index < -0.39 is 11.9 Å². The molecule has 3 atom stereocenters. The summed E-state index contributed by atoms with van der Waals surface area (Å²) in [5, 5.41) is 22.8. The number of piperidine rings is 1. The second-order valence-corrected chi connectivity index (χ2v) is 10.1. The van der Waals surface area contributed by atoms with Gasteiger partial charge in [0.15, 0.2) is 5.69 Å². The van der Waals surface area contributed by atoms with Crippen molar-refractivity contribution in [2.45, 2.75) is 58.6 Å². The first-order valence-corrected chi connectivity index (χ1v) is 13.3. The molecule has 1 aromatic heterocycles. The zero-order valence-corrected chi connectivity index (χ0v) is 22.5. The number of benzene rings is 1. The van der Waals surface area contributed by atoms with Crippen molar-refractivity contribution in [2.75, 3.05) is 51.5 Å². The molecule has 0 radical (unpaired) electrons. The van der Waals surface area contributed by atoms with Gasteiger partial charge in [0.1, 0.15) is 5.82 Å². The van der Waals surface area contributed by atoms with Gasteiger partial charge in [0.25, 0.3) is 5.91 Å². The maximum atomic E-state index is 14.8. The Morgan fingerprint density at radius 2 is 2.08 bits per heavy atom. The number of unbranched alkanes of at least 4 members (excludes halogenated alkanes) is 1. The molecule has 10 heteroatoms. The van der Waals surface area contributed by atoms with Crippen molar-refractivity contribution in [1.29, 1.82) is 0 Å². The van der Waals surface area contributed by atoms with E-state index in [4.69, 9.17) is 9.47 Å². The topological polar surface area (TPSA) is 102 Å². The Labute approximate surface area is 219 Å². The van der Waals surface area contributed by atoms with E-state index in [0.717, 1.165) is 18.5 Å². The molecule has 2 N–H and O–H groups in total. The van der Waals surface area contributed by atoms with E-state index in [-0.39, 0.29) is 41.8 Å². The summed E-state index contributed by atoms with van der Waals surface area (Å²) in [5.41, 5.74) is 1.22. The van der Waals surface area contributed by atoms with Crippen LogP contribution in [0, 0.1) is 17.7 Å².